The Kier molecular flexibility index (Phi) is 6.74. The van der Waals surface area contributed by atoms with Crippen LogP contribution in [0.25, 0.3) is 0 Å². The van der Waals surface area contributed by atoms with Crippen molar-refractivity contribution in [2.75, 3.05) is 26.8 Å². The Morgan fingerprint density at radius 1 is 1.50 bits per heavy atom. The molecule has 1 aromatic rings. The van der Waals surface area contributed by atoms with Gasteiger partial charge in [0, 0.05) is 19.7 Å². The molecule has 6 nitrogen and oxygen atoms in total. The molecule has 1 N–H and O–H groups in total. The van der Waals surface area contributed by atoms with Crippen LogP contribution < -0.4 is 0 Å². The summed E-state index contributed by atoms with van der Waals surface area (Å²) in [7, 11) is 1.31. The van der Waals surface area contributed by atoms with E-state index in [0.29, 0.717) is 17.6 Å². The van der Waals surface area contributed by atoms with Gasteiger partial charge in [-0.3, -0.25) is 9.59 Å². The summed E-state index contributed by atoms with van der Waals surface area (Å²) in [4.78, 5) is 25.2. The first-order valence-corrected chi connectivity index (χ1v) is 7.02. The van der Waals surface area contributed by atoms with Gasteiger partial charge in [0.2, 0.25) is 0 Å². The highest BCUT2D eigenvalue weighted by Gasteiger charge is 2.24. The van der Waals surface area contributed by atoms with Crippen LogP contribution in [0.1, 0.15) is 23.9 Å². The third-order valence-corrected chi connectivity index (χ3v) is 3.18. The highest BCUT2D eigenvalue weighted by Crippen LogP contribution is 2.17. The molecule has 0 bridgehead atoms. The molecule has 0 spiro atoms. The molecule has 0 aromatic carbocycles. The number of hydrogen-bond acceptors (Lipinski definition) is 5. The Balaban J connectivity index is 2.77. The number of rotatable bonds is 7. The molecule has 7 heteroatoms. The summed E-state index contributed by atoms with van der Waals surface area (Å²) in [5, 5.41) is 8.90. The fourth-order valence-corrected chi connectivity index (χ4v) is 2.04. The molecule has 112 valence electrons. The van der Waals surface area contributed by atoms with Crippen LogP contribution in [0.3, 0.4) is 0 Å². The van der Waals surface area contributed by atoms with E-state index in [4.69, 9.17) is 9.52 Å². The predicted molar refractivity (Wildman–Crippen MR) is 75.2 cm³/mol. The van der Waals surface area contributed by atoms with Gasteiger partial charge in [0.1, 0.15) is 0 Å². The number of carbonyl (C=O) groups is 2. The molecule has 0 aliphatic heterocycles. The van der Waals surface area contributed by atoms with Crippen molar-refractivity contribution in [2.24, 2.45) is 5.92 Å². The zero-order valence-corrected chi connectivity index (χ0v) is 13.1. The van der Waals surface area contributed by atoms with E-state index in [0.717, 1.165) is 0 Å². The topological polar surface area (TPSA) is 80.0 Å². The van der Waals surface area contributed by atoms with Crippen molar-refractivity contribution in [3.8, 4) is 0 Å². The summed E-state index contributed by atoms with van der Waals surface area (Å²) in [6, 6.07) is 3.18. The largest absolute Gasteiger partial charge is 0.469 e. The van der Waals surface area contributed by atoms with E-state index in [2.05, 4.69) is 20.7 Å². The Labute approximate surface area is 125 Å². The summed E-state index contributed by atoms with van der Waals surface area (Å²) >= 11 is 3.14. The Morgan fingerprint density at radius 2 is 2.20 bits per heavy atom. The molecule has 1 atom stereocenters. The van der Waals surface area contributed by atoms with Gasteiger partial charge in [-0.1, -0.05) is 6.92 Å². The second kappa shape index (κ2) is 8.06. The quantitative estimate of drug-likeness (QED) is 0.759. The summed E-state index contributed by atoms with van der Waals surface area (Å²) < 4.78 is 10.3. The smallest absolute Gasteiger partial charge is 0.310 e. The van der Waals surface area contributed by atoms with E-state index >= 15 is 0 Å². The lowest BCUT2D eigenvalue weighted by Crippen LogP contribution is -2.38. The van der Waals surface area contributed by atoms with Gasteiger partial charge < -0.3 is 19.2 Å². The van der Waals surface area contributed by atoms with Gasteiger partial charge in [0.25, 0.3) is 5.91 Å². The van der Waals surface area contributed by atoms with E-state index in [9.17, 15) is 9.59 Å². The first-order chi connectivity index (χ1) is 9.49. The second-order valence-electron chi connectivity index (χ2n) is 4.36. The lowest BCUT2D eigenvalue weighted by molar-refractivity contribution is -0.145. The maximum atomic E-state index is 12.3. The maximum absolute atomic E-state index is 12.3. The summed E-state index contributed by atoms with van der Waals surface area (Å²) in [5.74, 6) is -0.958. The number of aliphatic hydroxyl groups is 1. The molecule has 1 rings (SSSR count). The van der Waals surface area contributed by atoms with Crippen molar-refractivity contribution >= 4 is 27.8 Å². The molecule has 1 unspecified atom stereocenters. The number of methoxy groups -OCH3 is 1. The number of furan rings is 1. The van der Waals surface area contributed by atoms with Crippen molar-refractivity contribution < 1.29 is 23.8 Å². The molecule has 1 aromatic heterocycles. The van der Waals surface area contributed by atoms with E-state index in [-0.39, 0.29) is 30.8 Å². The van der Waals surface area contributed by atoms with Crippen LogP contribution in [0, 0.1) is 5.92 Å². The minimum atomic E-state index is -0.443. The monoisotopic (exact) mass is 347 g/mol. The number of hydrogen-bond donors (Lipinski definition) is 1. The minimum Gasteiger partial charge on any atom is -0.469 e. The lowest BCUT2D eigenvalue weighted by Gasteiger charge is -2.23. The zero-order chi connectivity index (χ0) is 15.1. The van der Waals surface area contributed by atoms with Crippen molar-refractivity contribution in [1.29, 1.82) is 0 Å². The van der Waals surface area contributed by atoms with Crippen molar-refractivity contribution in [2.45, 2.75) is 13.3 Å². The fraction of sp³-hybridized carbons (Fsp3) is 0.538. The van der Waals surface area contributed by atoms with E-state index in [1.54, 1.807) is 19.1 Å². The van der Waals surface area contributed by atoms with Crippen LogP contribution >= 0.6 is 15.9 Å². The maximum Gasteiger partial charge on any atom is 0.310 e. The average Bonchev–Trinajstić information content (AvgIpc) is 2.87. The summed E-state index contributed by atoms with van der Waals surface area (Å²) in [5.41, 5.74) is 0. The Hall–Kier alpha value is -1.34. The van der Waals surface area contributed by atoms with Crippen LogP contribution in [0.5, 0.6) is 0 Å². The van der Waals surface area contributed by atoms with Crippen LogP contribution in [-0.2, 0) is 9.53 Å². The number of aliphatic hydroxyl groups excluding tert-OH is 1. The average molecular weight is 348 g/mol. The molecule has 20 heavy (non-hydrogen) atoms. The van der Waals surface area contributed by atoms with Crippen molar-refractivity contribution in [1.82, 2.24) is 4.90 Å². The van der Waals surface area contributed by atoms with Gasteiger partial charge in [-0.2, -0.15) is 0 Å². The minimum absolute atomic E-state index is 0.0295. The molecule has 0 aliphatic rings. The summed E-state index contributed by atoms with van der Waals surface area (Å²) in [6.45, 7) is 2.21. The molecule has 1 heterocycles. The Bertz CT molecular complexity index is 459. The first kappa shape index (κ1) is 16.7. The predicted octanol–water partition coefficient (Wildman–Crippen LogP) is 1.68. The normalized spacial score (nSPS) is 12.0. The molecule has 0 radical (unpaired) electrons. The lowest BCUT2D eigenvalue weighted by atomic mass is 10.1. The van der Waals surface area contributed by atoms with Gasteiger partial charge in [-0.05, 0) is 34.5 Å². The molecule has 0 fully saturated rings. The van der Waals surface area contributed by atoms with E-state index in [1.165, 1.54) is 12.0 Å². The molecule has 0 saturated heterocycles. The molecular weight excluding hydrogens is 330 g/mol. The SMILES string of the molecule is COC(=O)C(C)CN(CCCO)C(=O)c1ccc(Br)o1. The van der Waals surface area contributed by atoms with Gasteiger partial charge in [-0.25, -0.2) is 0 Å². The Morgan fingerprint density at radius 3 is 2.70 bits per heavy atom. The van der Waals surface area contributed by atoms with Crippen LogP contribution in [-0.4, -0.2) is 48.7 Å². The van der Waals surface area contributed by atoms with Gasteiger partial charge >= 0.3 is 5.97 Å². The number of halogens is 1. The van der Waals surface area contributed by atoms with Gasteiger partial charge in [0.05, 0.1) is 13.0 Å². The summed E-state index contributed by atoms with van der Waals surface area (Å²) in [6.07, 6.45) is 0.432. The molecule has 1 amide bonds. The van der Waals surface area contributed by atoms with E-state index in [1.807, 2.05) is 0 Å². The number of esters is 1. The van der Waals surface area contributed by atoms with Crippen molar-refractivity contribution in [3.63, 3.8) is 0 Å². The number of carbonyl (C=O) groups excluding carboxylic acids is 2. The zero-order valence-electron chi connectivity index (χ0n) is 11.5. The number of amides is 1. The molecular formula is C13H18BrNO5. The fourth-order valence-electron chi connectivity index (χ4n) is 1.73. The third-order valence-electron chi connectivity index (χ3n) is 2.76. The van der Waals surface area contributed by atoms with Crippen LogP contribution in [0.15, 0.2) is 21.2 Å². The van der Waals surface area contributed by atoms with E-state index < -0.39 is 5.92 Å². The van der Waals surface area contributed by atoms with Gasteiger partial charge in [-0.15, -0.1) is 0 Å². The molecule has 0 aliphatic carbocycles. The van der Waals surface area contributed by atoms with Crippen LogP contribution in [0.4, 0.5) is 0 Å². The van der Waals surface area contributed by atoms with Crippen molar-refractivity contribution in [3.05, 3.63) is 22.6 Å². The standard InChI is InChI=1S/C13H18BrNO5/c1-9(13(18)19-2)8-15(6-3-7-16)12(17)10-4-5-11(14)20-10/h4-5,9,16H,3,6-8H2,1-2H3. The number of nitrogens with zero attached hydrogens (tertiary/aromatic N) is 1. The third kappa shape index (κ3) is 4.64. The first-order valence-electron chi connectivity index (χ1n) is 6.23. The molecule has 0 saturated carbocycles. The second-order valence-corrected chi connectivity index (χ2v) is 5.14. The number of ether oxygens (including phenoxy) is 1. The highest BCUT2D eigenvalue weighted by molar-refractivity contribution is 9.10. The van der Waals surface area contributed by atoms with Crippen LogP contribution in [0.2, 0.25) is 0 Å². The highest BCUT2D eigenvalue weighted by atomic mass is 79.9. The van der Waals surface area contributed by atoms with Gasteiger partial charge in [0.15, 0.2) is 10.4 Å².